The third kappa shape index (κ3) is 3.41. The van der Waals surface area contributed by atoms with Gasteiger partial charge in [-0.2, -0.15) is 5.10 Å². The Bertz CT molecular complexity index is 581. The third-order valence-corrected chi connectivity index (χ3v) is 4.13. The lowest BCUT2D eigenvalue weighted by atomic mass is 10.2. The van der Waals surface area contributed by atoms with Crippen molar-refractivity contribution in [2.24, 2.45) is 0 Å². The largest absolute Gasteiger partial charge is 0.497 e. The van der Waals surface area contributed by atoms with Crippen LogP contribution in [0.25, 0.3) is 0 Å². The van der Waals surface area contributed by atoms with E-state index in [9.17, 15) is 0 Å². The van der Waals surface area contributed by atoms with Crippen LogP contribution < -0.4 is 4.74 Å². The van der Waals surface area contributed by atoms with Crippen molar-refractivity contribution in [3.63, 3.8) is 0 Å². The van der Waals surface area contributed by atoms with Gasteiger partial charge in [-0.15, -0.1) is 0 Å². The first-order chi connectivity index (χ1) is 9.65. The van der Waals surface area contributed by atoms with Crippen LogP contribution in [0.5, 0.6) is 5.75 Å². The maximum Gasteiger partial charge on any atom is 0.119 e. The van der Waals surface area contributed by atoms with Crippen molar-refractivity contribution >= 4 is 15.9 Å². The molecule has 5 heteroatoms. The summed E-state index contributed by atoms with van der Waals surface area (Å²) in [5.74, 6) is 0.849. The van der Waals surface area contributed by atoms with E-state index in [1.54, 1.807) is 7.11 Å². The molecule has 20 heavy (non-hydrogen) atoms. The van der Waals surface area contributed by atoms with Crippen molar-refractivity contribution < 1.29 is 9.47 Å². The highest BCUT2D eigenvalue weighted by molar-refractivity contribution is 9.10. The van der Waals surface area contributed by atoms with Gasteiger partial charge in [0.2, 0.25) is 0 Å². The minimum absolute atomic E-state index is 0.534. The Morgan fingerprint density at radius 3 is 2.80 bits per heavy atom. The monoisotopic (exact) mass is 338 g/mol. The van der Waals surface area contributed by atoms with Gasteiger partial charge in [0, 0.05) is 6.54 Å². The average molecular weight is 339 g/mol. The van der Waals surface area contributed by atoms with Gasteiger partial charge >= 0.3 is 0 Å². The summed E-state index contributed by atoms with van der Waals surface area (Å²) in [6.45, 7) is 5.99. The second kappa shape index (κ2) is 6.90. The fourth-order valence-electron chi connectivity index (χ4n) is 2.03. The van der Waals surface area contributed by atoms with Crippen LogP contribution >= 0.6 is 15.9 Å². The topological polar surface area (TPSA) is 36.3 Å². The molecule has 0 bridgehead atoms. The van der Waals surface area contributed by atoms with Crippen molar-refractivity contribution in [3.8, 4) is 5.75 Å². The number of hydrogen-bond donors (Lipinski definition) is 0. The summed E-state index contributed by atoms with van der Waals surface area (Å²) in [6.07, 6.45) is 0. The first kappa shape index (κ1) is 15.1. The van der Waals surface area contributed by atoms with Gasteiger partial charge < -0.3 is 9.47 Å². The number of ether oxygens (including phenoxy) is 2. The van der Waals surface area contributed by atoms with E-state index >= 15 is 0 Å². The molecule has 0 radical (unpaired) electrons. The van der Waals surface area contributed by atoms with E-state index in [2.05, 4.69) is 28.0 Å². The van der Waals surface area contributed by atoms with E-state index in [-0.39, 0.29) is 0 Å². The Hall–Kier alpha value is -1.33. The van der Waals surface area contributed by atoms with Crippen molar-refractivity contribution in [1.82, 2.24) is 9.78 Å². The van der Waals surface area contributed by atoms with E-state index in [1.165, 1.54) is 0 Å². The summed E-state index contributed by atoms with van der Waals surface area (Å²) in [4.78, 5) is 0. The zero-order valence-corrected chi connectivity index (χ0v) is 13.6. The quantitative estimate of drug-likeness (QED) is 0.805. The SMILES string of the molecule is CCn1nc(C)c(Br)c1COCc1cccc(OC)c1. The Morgan fingerprint density at radius 1 is 1.30 bits per heavy atom. The first-order valence-corrected chi connectivity index (χ1v) is 7.37. The highest BCUT2D eigenvalue weighted by Crippen LogP contribution is 2.22. The number of aromatic nitrogens is 2. The number of aryl methyl sites for hydroxylation is 2. The molecule has 0 spiro atoms. The molecular formula is C15H19BrN2O2. The predicted octanol–water partition coefficient (Wildman–Crippen LogP) is 3.70. The molecule has 4 nitrogen and oxygen atoms in total. The molecule has 2 aromatic rings. The van der Waals surface area contributed by atoms with E-state index in [0.717, 1.165) is 33.7 Å². The van der Waals surface area contributed by atoms with Crippen LogP contribution in [0.1, 0.15) is 23.9 Å². The van der Waals surface area contributed by atoms with Crippen LogP contribution in [0.2, 0.25) is 0 Å². The fourth-order valence-corrected chi connectivity index (χ4v) is 2.43. The molecule has 0 fully saturated rings. The van der Waals surface area contributed by atoms with Crippen LogP contribution in [0.15, 0.2) is 28.7 Å². The standard InChI is InChI=1S/C15H19BrN2O2/c1-4-18-14(15(16)11(2)17-18)10-20-9-12-6-5-7-13(8-12)19-3/h5-8H,4,9-10H2,1-3H3. The third-order valence-electron chi connectivity index (χ3n) is 3.09. The number of nitrogens with zero attached hydrogens (tertiary/aromatic N) is 2. The molecule has 0 aliphatic carbocycles. The second-order valence-corrected chi connectivity index (χ2v) is 5.30. The van der Waals surface area contributed by atoms with Gasteiger partial charge in [0.05, 0.1) is 36.2 Å². The molecule has 0 N–H and O–H groups in total. The number of rotatable bonds is 6. The van der Waals surface area contributed by atoms with Crippen LogP contribution in [-0.4, -0.2) is 16.9 Å². The Labute approximate surface area is 127 Å². The molecule has 1 aromatic heterocycles. The lowest BCUT2D eigenvalue weighted by molar-refractivity contribution is 0.101. The molecule has 0 unspecified atom stereocenters. The van der Waals surface area contributed by atoms with Gasteiger partial charge in [-0.05, 0) is 47.5 Å². The Balaban J connectivity index is 1.99. The van der Waals surface area contributed by atoms with Crippen molar-refractivity contribution in [2.75, 3.05) is 7.11 Å². The lowest BCUT2D eigenvalue weighted by Crippen LogP contribution is -2.05. The predicted molar refractivity (Wildman–Crippen MR) is 81.8 cm³/mol. The van der Waals surface area contributed by atoms with Crippen LogP contribution in [0.4, 0.5) is 0 Å². The number of halogens is 1. The van der Waals surface area contributed by atoms with Crippen molar-refractivity contribution in [2.45, 2.75) is 33.6 Å². The van der Waals surface area contributed by atoms with Gasteiger partial charge in [-0.1, -0.05) is 12.1 Å². The number of benzene rings is 1. The molecule has 0 amide bonds. The highest BCUT2D eigenvalue weighted by Gasteiger charge is 2.11. The summed E-state index contributed by atoms with van der Waals surface area (Å²) in [5, 5.41) is 4.45. The minimum atomic E-state index is 0.534. The normalized spacial score (nSPS) is 10.8. The summed E-state index contributed by atoms with van der Waals surface area (Å²) >= 11 is 3.57. The molecule has 1 aromatic carbocycles. The van der Waals surface area contributed by atoms with Crippen LogP contribution in [0.3, 0.4) is 0 Å². The molecule has 2 rings (SSSR count). The zero-order chi connectivity index (χ0) is 14.5. The highest BCUT2D eigenvalue weighted by atomic mass is 79.9. The fraction of sp³-hybridized carbons (Fsp3) is 0.400. The second-order valence-electron chi connectivity index (χ2n) is 4.51. The lowest BCUT2D eigenvalue weighted by Gasteiger charge is -2.08. The molecule has 0 saturated heterocycles. The summed E-state index contributed by atoms with van der Waals surface area (Å²) < 4.78 is 14.0. The van der Waals surface area contributed by atoms with Gasteiger partial charge in [0.1, 0.15) is 5.75 Å². The van der Waals surface area contributed by atoms with Gasteiger partial charge in [0.25, 0.3) is 0 Å². The molecule has 0 saturated carbocycles. The Kier molecular flexibility index (Phi) is 5.20. The number of methoxy groups -OCH3 is 1. The average Bonchev–Trinajstić information content (AvgIpc) is 2.75. The molecule has 1 heterocycles. The molecule has 0 aliphatic rings. The zero-order valence-electron chi connectivity index (χ0n) is 12.0. The summed E-state index contributed by atoms with van der Waals surface area (Å²) in [7, 11) is 1.67. The molecule has 0 aliphatic heterocycles. The minimum Gasteiger partial charge on any atom is -0.497 e. The molecule has 0 atom stereocenters. The smallest absolute Gasteiger partial charge is 0.119 e. The van der Waals surface area contributed by atoms with Crippen LogP contribution in [0, 0.1) is 6.92 Å². The van der Waals surface area contributed by atoms with Crippen molar-refractivity contribution in [3.05, 3.63) is 45.7 Å². The van der Waals surface area contributed by atoms with Crippen molar-refractivity contribution in [1.29, 1.82) is 0 Å². The van der Waals surface area contributed by atoms with E-state index < -0.39 is 0 Å². The van der Waals surface area contributed by atoms with Crippen LogP contribution in [-0.2, 0) is 24.5 Å². The maximum absolute atomic E-state index is 5.80. The van der Waals surface area contributed by atoms with E-state index in [4.69, 9.17) is 9.47 Å². The first-order valence-electron chi connectivity index (χ1n) is 6.58. The molecular weight excluding hydrogens is 320 g/mol. The molecule has 108 valence electrons. The Morgan fingerprint density at radius 2 is 2.10 bits per heavy atom. The summed E-state index contributed by atoms with van der Waals surface area (Å²) in [5.41, 5.74) is 3.17. The van der Waals surface area contributed by atoms with E-state index in [0.29, 0.717) is 13.2 Å². The van der Waals surface area contributed by atoms with E-state index in [1.807, 2.05) is 35.9 Å². The van der Waals surface area contributed by atoms with Gasteiger partial charge in [-0.3, -0.25) is 4.68 Å². The summed E-state index contributed by atoms with van der Waals surface area (Å²) in [6, 6.07) is 7.90. The maximum atomic E-state index is 5.80. The van der Waals surface area contributed by atoms with Gasteiger partial charge in [-0.25, -0.2) is 0 Å². The number of hydrogen-bond acceptors (Lipinski definition) is 3. The van der Waals surface area contributed by atoms with Gasteiger partial charge in [0.15, 0.2) is 0 Å².